The number of imidazole rings is 1. The number of aromatic amines is 1. The van der Waals surface area contributed by atoms with Crippen LogP contribution >= 0.6 is 23.6 Å². The van der Waals surface area contributed by atoms with Crippen LogP contribution in [0.2, 0.25) is 0 Å². The minimum absolute atomic E-state index is 0.743. The second-order valence-electron chi connectivity index (χ2n) is 2.09. The van der Waals surface area contributed by atoms with E-state index in [9.17, 15) is 0 Å². The highest BCUT2D eigenvalue weighted by Crippen LogP contribution is 2.14. The molecule has 0 aliphatic heterocycles. The van der Waals surface area contributed by atoms with Gasteiger partial charge in [-0.1, -0.05) is 0 Å². The number of H-pyrrole nitrogens is 1. The van der Waals surface area contributed by atoms with Gasteiger partial charge in [0.15, 0.2) is 4.77 Å². The van der Waals surface area contributed by atoms with Gasteiger partial charge in [-0.3, -0.25) is 4.57 Å². The first kappa shape index (κ1) is 6.82. The maximum Gasteiger partial charge on any atom is 0.182 e. The standard InChI is InChI=1S/C7H6N2S2/c10-7-8-3-4-9(7)6-2-1-5-11-6/h1-5H,(H,8,10). The number of nitrogens with one attached hydrogen (secondary N) is 1. The highest BCUT2D eigenvalue weighted by molar-refractivity contribution is 7.71. The van der Waals surface area contributed by atoms with Crippen molar-refractivity contribution in [2.45, 2.75) is 0 Å². The Morgan fingerprint density at radius 2 is 2.45 bits per heavy atom. The summed E-state index contributed by atoms with van der Waals surface area (Å²) in [6, 6.07) is 4.04. The highest BCUT2D eigenvalue weighted by Gasteiger charge is 1.95. The first-order valence-electron chi connectivity index (χ1n) is 3.18. The van der Waals surface area contributed by atoms with Crippen molar-refractivity contribution in [2.75, 3.05) is 0 Å². The van der Waals surface area contributed by atoms with E-state index in [4.69, 9.17) is 12.2 Å². The van der Waals surface area contributed by atoms with Gasteiger partial charge in [-0.15, -0.1) is 11.3 Å². The van der Waals surface area contributed by atoms with Crippen molar-refractivity contribution >= 4 is 23.6 Å². The third-order valence-corrected chi connectivity index (χ3v) is 2.57. The van der Waals surface area contributed by atoms with E-state index in [0.29, 0.717) is 0 Å². The van der Waals surface area contributed by atoms with Gasteiger partial charge in [-0.2, -0.15) is 0 Å². The van der Waals surface area contributed by atoms with Crippen molar-refractivity contribution in [1.29, 1.82) is 0 Å². The zero-order chi connectivity index (χ0) is 7.68. The maximum atomic E-state index is 5.05. The van der Waals surface area contributed by atoms with Gasteiger partial charge < -0.3 is 4.98 Å². The van der Waals surface area contributed by atoms with Crippen LogP contribution in [-0.4, -0.2) is 9.55 Å². The summed E-state index contributed by atoms with van der Waals surface area (Å²) >= 11 is 6.72. The van der Waals surface area contributed by atoms with E-state index in [1.165, 1.54) is 0 Å². The van der Waals surface area contributed by atoms with E-state index in [1.807, 2.05) is 34.5 Å². The van der Waals surface area contributed by atoms with Crippen LogP contribution in [0.5, 0.6) is 0 Å². The molecule has 2 rings (SSSR count). The first-order valence-corrected chi connectivity index (χ1v) is 4.46. The lowest BCUT2D eigenvalue weighted by molar-refractivity contribution is 1.06. The van der Waals surface area contributed by atoms with Crippen molar-refractivity contribution < 1.29 is 0 Å². The Bertz CT molecular complexity index is 382. The Morgan fingerprint density at radius 1 is 1.55 bits per heavy atom. The molecule has 0 amide bonds. The molecule has 0 saturated carbocycles. The van der Waals surface area contributed by atoms with Gasteiger partial charge in [0.05, 0.1) is 0 Å². The van der Waals surface area contributed by atoms with E-state index < -0.39 is 0 Å². The van der Waals surface area contributed by atoms with Crippen LogP contribution in [0, 0.1) is 4.77 Å². The molecule has 0 aliphatic carbocycles. The quantitative estimate of drug-likeness (QED) is 0.672. The average molecular weight is 182 g/mol. The summed E-state index contributed by atoms with van der Waals surface area (Å²) in [5, 5.41) is 3.18. The number of aromatic nitrogens is 2. The van der Waals surface area contributed by atoms with Crippen molar-refractivity contribution in [2.24, 2.45) is 0 Å². The number of nitrogens with zero attached hydrogens (tertiary/aromatic N) is 1. The van der Waals surface area contributed by atoms with Gasteiger partial charge in [0.1, 0.15) is 5.00 Å². The van der Waals surface area contributed by atoms with Gasteiger partial charge >= 0.3 is 0 Å². The molecule has 2 aromatic rings. The van der Waals surface area contributed by atoms with Gasteiger partial charge in [-0.05, 0) is 29.7 Å². The Balaban J connectivity index is 2.62. The predicted molar refractivity (Wildman–Crippen MR) is 48.8 cm³/mol. The predicted octanol–water partition coefficient (Wildman–Crippen LogP) is 2.60. The fourth-order valence-corrected chi connectivity index (χ4v) is 1.91. The number of hydrogen-bond acceptors (Lipinski definition) is 2. The largest absolute Gasteiger partial charge is 0.337 e. The summed E-state index contributed by atoms with van der Waals surface area (Å²) in [6.07, 6.45) is 3.76. The van der Waals surface area contributed by atoms with E-state index in [0.717, 1.165) is 9.77 Å². The lowest BCUT2D eigenvalue weighted by Crippen LogP contribution is -1.86. The second-order valence-corrected chi connectivity index (χ2v) is 3.40. The molecule has 0 fully saturated rings. The summed E-state index contributed by atoms with van der Waals surface area (Å²) < 4.78 is 2.69. The number of thiophene rings is 1. The van der Waals surface area contributed by atoms with E-state index in [1.54, 1.807) is 11.3 Å². The summed E-state index contributed by atoms with van der Waals surface area (Å²) in [4.78, 5) is 2.94. The lowest BCUT2D eigenvalue weighted by Gasteiger charge is -1.93. The van der Waals surface area contributed by atoms with Crippen LogP contribution in [0.3, 0.4) is 0 Å². The van der Waals surface area contributed by atoms with E-state index >= 15 is 0 Å². The Morgan fingerprint density at radius 3 is 3.00 bits per heavy atom. The Hall–Kier alpha value is -0.870. The van der Waals surface area contributed by atoms with E-state index in [2.05, 4.69) is 4.98 Å². The molecule has 11 heavy (non-hydrogen) atoms. The molecular weight excluding hydrogens is 176 g/mol. The SMILES string of the molecule is S=c1[nH]ccn1-c1cccs1. The van der Waals surface area contributed by atoms with Crippen molar-refractivity contribution in [3.05, 3.63) is 34.7 Å². The first-order chi connectivity index (χ1) is 5.38. The molecule has 0 aromatic carbocycles. The van der Waals surface area contributed by atoms with Crippen molar-refractivity contribution in [1.82, 2.24) is 9.55 Å². The number of hydrogen-bond donors (Lipinski definition) is 1. The molecule has 0 unspecified atom stereocenters. The molecule has 0 saturated heterocycles. The van der Waals surface area contributed by atoms with Gasteiger partial charge in [-0.25, -0.2) is 0 Å². The normalized spacial score (nSPS) is 10.2. The smallest absolute Gasteiger partial charge is 0.182 e. The third-order valence-electron chi connectivity index (χ3n) is 1.39. The van der Waals surface area contributed by atoms with Crippen molar-refractivity contribution in [3.63, 3.8) is 0 Å². The molecule has 2 heterocycles. The fraction of sp³-hybridized carbons (Fsp3) is 0. The fourth-order valence-electron chi connectivity index (χ4n) is 0.901. The average Bonchev–Trinajstić information content (AvgIpc) is 2.55. The zero-order valence-corrected chi connectivity index (χ0v) is 7.28. The Kier molecular flexibility index (Phi) is 1.63. The van der Waals surface area contributed by atoms with Gasteiger partial charge in [0, 0.05) is 12.4 Å². The van der Waals surface area contributed by atoms with Gasteiger partial charge in [0.2, 0.25) is 0 Å². The lowest BCUT2D eigenvalue weighted by atomic mass is 10.6. The molecule has 1 N–H and O–H groups in total. The van der Waals surface area contributed by atoms with Crippen LogP contribution < -0.4 is 0 Å². The molecule has 2 aromatic heterocycles. The zero-order valence-electron chi connectivity index (χ0n) is 5.65. The molecule has 0 spiro atoms. The summed E-state index contributed by atoms with van der Waals surface area (Å²) in [5.74, 6) is 0. The van der Waals surface area contributed by atoms with Crippen LogP contribution in [0.1, 0.15) is 0 Å². The summed E-state index contributed by atoms with van der Waals surface area (Å²) in [7, 11) is 0. The molecule has 2 nitrogen and oxygen atoms in total. The summed E-state index contributed by atoms with van der Waals surface area (Å²) in [5.41, 5.74) is 0. The van der Waals surface area contributed by atoms with Crippen LogP contribution in [0.15, 0.2) is 29.9 Å². The van der Waals surface area contributed by atoms with E-state index in [-0.39, 0.29) is 0 Å². The molecular formula is C7H6N2S2. The van der Waals surface area contributed by atoms with Crippen molar-refractivity contribution in [3.8, 4) is 5.00 Å². The van der Waals surface area contributed by atoms with Crippen LogP contribution in [0.25, 0.3) is 5.00 Å². The number of rotatable bonds is 1. The monoisotopic (exact) mass is 182 g/mol. The van der Waals surface area contributed by atoms with Crippen LogP contribution in [-0.2, 0) is 0 Å². The minimum atomic E-state index is 0.743. The Labute approximate surface area is 73.1 Å². The second kappa shape index (κ2) is 2.64. The molecule has 4 heteroatoms. The van der Waals surface area contributed by atoms with Crippen LogP contribution in [0.4, 0.5) is 0 Å². The molecule has 0 radical (unpaired) electrons. The molecule has 0 aliphatic rings. The van der Waals surface area contributed by atoms with Gasteiger partial charge in [0.25, 0.3) is 0 Å². The third kappa shape index (κ3) is 1.15. The summed E-state index contributed by atoms with van der Waals surface area (Å²) in [6.45, 7) is 0. The topological polar surface area (TPSA) is 20.7 Å². The molecule has 56 valence electrons. The maximum absolute atomic E-state index is 5.05. The highest BCUT2D eigenvalue weighted by atomic mass is 32.1. The molecule has 0 atom stereocenters. The molecule has 0 bridgehead atoms. The minimum Gasteiger partial charge on any atom is -0.337 e.